The summed E-state index contributed by atoms with van der Waals surface area (Å²) in [6, 6.07) is 9.60. The second kappa shape index (κ2) is 4.95. The van der Waals surface area contributed by atoms with Crippen molar-refractivity contribution in [1.29, 1.82) is 5.26 Å². The number of hydrogen-bond donors (Lipinski definition) is 0. The van der Waals surface area contributed by atoms with E-state index >= 15 is 0 Å². The highest BCUT2D eigenvalue weighted by atomic mass is 16.5. The molecule has 3 aliphatic heterocycles. The average Bonchev–Trinajstić information content (AvgIpc) is 3.06. The second-order valence-corrected chi connectivity index (χ2v) is 5.50. The van der Waals surface area contributed by atoms with Crippen molar-refractivity contribution in [2.45, 2.75) is 6.04 Å². The molecule has 6 nitrogen and oxygen atoms in total. The van der Waals surface area contributed by atoms with Crippen molar-refractivity contribution in [3.63, 3.8) is 0 Å². The van der Waals surface area contributed by atoms with E-state index in [1.54, 1.807) is 12.1 Å². The molecule has 21 heavy (non-hydrogen) atoms. The highest BCUT2D eigenvalue weighted by Crippen LogP contribution is 2.28. The van der Waals surface area contributed by atoms with Crippen molar-refractivity contribution in [3.05, 3.63) is 35.7 Å². The molecular formula is C15H15N5O. The van der Waals surface area contributed by atoms with Crippen LogP contribution in [0.2, 0.25) is 0 Å². The standard InChI is InChI=1S/C15H15N5O/c16-9-11-2-1-3-12(8-11)15-17-14(18-21-15)13-10-19-4-6-20(13)7-5-19/h1-3,8,13H,4-7,10H2. The normalized spacial score (nSPS) is 27.5. The number of hydrogen-bond acceptors (Lipinski definition) is 6. The Morgan fingerprint density at radius 2 is 2.10 bits per heavy atom. The number of piperazine rings is 3. The summed E-state index contributed by atoms with van der Waals surface area (Å²) in [5.74, 6) is 1.23. The lowest BCUT2D eigenvalue weighted by molar-refractivity contribution is 0.00781. The van der Waals surface area contributed by atoms with Crippen LogP contribution in [0.4, 0.5) is 0 Å². The zero-order chi connectivity index (χ0) is 14.2. The van der Waals surface area contributed by atoms with Gasteiger partial charge in [0.15, 0.2) is 5.82 Å². The summed E-state index contributed by atoms with van der Waals surface area (Å²) >= 11 is 0. The van der Waals surface area contributed by atoms with Gasteiger partial charge < -0.3 is 4.52 Å². The maximum Gasteiger partial charge on any atom is 0.258 e. The van der Waals surface area contributed by atoms with Gasteiger partial charge in [0.25, 0.3) is 5.89 Å². The molecule has 0 N–H and O–H groups in total. The second-order valence-electron chi connectivity index (χ2n) is 5.50. The van der Waals surface area contributed by atoms with Gasteiger partial charge in [-0.3, -0.25) is 9.80 Å². The smallest absolute Gasteiger partial charge is 0.258 e. The summed E-state index contributed by atoms with van der Waals surface area (Å²) in [5, 5.41) is 13.1. The molecule has 0 saturated carbocycles. The number of nitriles is 1. The number of nitrogens with zero attached hydrogens (tertiary/aromatic N) is 5. The van der Waals surface area contributed by atoms with Crippen LogP contribution in [0.3, 0.4) is 0 Å². The van der Waals surface area contributed by atoms with Crippen molar-refractivity contribution >= 4 is 0 Å². The van der Waals surface area contributed by atoms with Gasteiger partial charge in [0, 0.05) is 38.3 Å². The monoisotopic (exact) mass is 281 g/mol. The van der Waals surface area contributed by atoms with E-state index in [0.717, 1.165) is 44.1 Å². The Labute approximate surface area is 122 Å². The molecule has 0 aliphatic carbocycles. The van der Waals surface area contributed by atoms with Crippen molar-refractivity contribution < 1.29 is 4.52 Å². The van der Waals surface area contributed by atoms with E-state index in [1.807, 2.05) is 12.1 Å². The Kier molecular flexibility index (Phi) is 2.95. The SMILES string of the molecule is N#Cc1cccc(-c2nc(C3CN4CCN3CC4)no2)c1. The number of benzene rings is 1. The molecule has 4 heterocycles. The van der Waals surface area contributed by atoms with Crippen LogP contribution in [0, 0.1) is 11.3 Å². The topological polar surface area (TPSA) is 69.2 Å². The Bertz CT molecular complexity index is 696. The molecule has 1 aromatic heterocycles. The molecule has 0 radical (unpaired) electrons. The van der Waals surface area contributed by atoms with E-state index in [1.165, 1.54) is 0 Å². The van der Waals surface area contributed by atoms with Crippen molar-refractivity contribution in [2.75, 3.05) is 32.7 Å². The number of aromatic nitrogens is 2. The first-order chi connectivity index (χ1) is 10.3. The van der Waals surface area contributed by atoms with Crippen molar-refractivity contribution in [1.82, 2.24) is 19.9 Å². The van der Waals surface area contributed by atoms with Gasteiger partial charge >= 0.3 is 0 Å². The average molecular weight is 281 g/mol. The Balaban J connectivity index is 1.62. The highest BCUT2D eigenvalue weighted by Gasteiger charge is 2.35. The summed E-state index contributed by atoms with van der Waals surface area (Å²) in [4.78, 5) is 9.40. The van der Waals surface area contributed by atoms with Gasteiger partial charge in [-0.2, -0.15) is 10.2 Å². The minimum absolute atomic E-state index is 0.226. The summed E-state index contributed by atoms with van der Waals surface area (Å²) in [6.45, 7) is 5.37. The molecule has 2 bridgehead atoms. The van der Waals surface area contributed by atoms with E-state index in [0.29, 0.717) is 11.5 Å². The van der Waals surface area contributed by atoms with Gasteiger partial charge in [0.05, 0.1) is 17.7 Å². The van der Waals surface area contributed by atoms with E-state index in [-0.39, 0.29) is 6.04 Å². The zero-order valence-corrected chi connectivity index (χ0v) is 11.6. The molecular weight excluding hydrogens is 266 g/mol. The number of fused-ring (bicyclic) bond motifs is 3. The fourth-order valence-corrected chi connectivity index (χ4v) is 3.07. The van der Waals surface area contributed by atoms with Crippen LogP contribution in [-0.2, 0) is 0 Å². The molecule has 0 amide bonds. The van der Waals surface area contributed by atoms with Crippen LogP contribution >= 0.6 is 0 Å². The maximum atomic E-state index is 8.96. The molecule has 1 atom stereocenters. The third kappa shape index (κ3) is 2.20. The Hall–Kier alpha value is -2.23. The quantitative estimate of drug-likeness (QED) is 0.826. The first kappa shape index (κ1) is 12.5. The van der Waals surface area contributed by atoms with Gasteiger partial charge in [-0.15, -0.1) is 0 Å². The molecule has 106 valence electrons. The van der Waals surface area contributed by atoms with Gasteiger partial charge in [-0.1, -0.05) is 11.2 Å². The summed E-state index contributed by atoms with van der Waals surface area (Å²) in [5.41, 5.74) is 1.39. The molecule has 2 aromatic rings. The van der Waals surface area contributed by atoms with E-state index in [9.17, 15) is 0 Å². The molecule has 3 aliphatic rings. The first-order valence-corrected chi connectivity index (χ1v) is 7.14. The van der Waals surface area contributed by atoms with E-state index in [2.05, 4.69) is 26.0 Å². The third-order valence-electron chi connectivity index (χ3n) is 4.26. The van der Waals surface area contributed by atoms with E-state index < -0.39 is 0 Å². The molecule has 6 heteroatoms. The van der Waals surface area contributed by atoms with Crippen LogP contribution < -0.4 is 0 Å². The molecule has 3 fully saturated rings. The lowest BCUT2D eigenvalue weighted by Crippen LogP contribution is -2.57. The predicted molar refractivity (Wildman–Crippen MR) is 75.2 cm³/mol. The van der Waals surface area contributed by atoms with Crippen molar-refractivity contribution in [2.24, 2.45) is 0 Å². The van der Waals surface area contributed by atoms with Gasteiger partial charge in [0.2, 0.25) is 0 Å². The molecule has 3 saturated heterocycles. The summed E-state index contributed by atoms with van der Waals surface area (Å²) in [7, 11) is 0. The van der Waals surface area contributed by atoms with Crippen LogP contribution in [0.5, 0.6) is 0 Å². The van der Waals surface area contributed by atoms with Crippen LogP contribution in [-0.4, -0.2) is 52.7 Å². The largest absolute Gasteiger partial charge is 0.334 e. The lowest BCUT2D eigenvalue weighted by atomic mass is 10.1. The molecule has 1 aromatic carbocycles. The van der Waals surface area contributed by atoms with Gasteiger partial charge in [-0.25, -0.2) is 0 Å². The fourth-order valence-electron chi connectivity index (χ4n) is 3.07. The zero-order valence-electron chi connectivity index (χ0n) is 11.6. The Morgan fingerprint density at radius 1 is 1.24 bits per heavy atom. The van der Waals surface area contributed by atoms with Gasteiger partial charge in [0.1, 0.15) is 0 Å². The molecule has 0 spiro atoms. The third-order valence-corrected chi connectivity index (χ3v) is 4.26. The summed E-state index contributed by atoms with van der Waals surface area (Å²) in [6.07, 6.45) is 0. The van der Waals surface area contributed by atoms with Crippen LogP contribution in [0.25, 0.3) is 11.5 Å². The lowest BCUT2D eigenvalue weighted by Gasteiger charge is -2.46. The predicted octanol–water partition coefficient (Wildman–Crippen LogP) is 1.28. The Morgan fingerprint density at radius 3 is 2.81 bits per heavy atom. The fraction of sp³-hybridized carbons (Fsp3) is 0.400. The number of rotatable bonds is 2. The summed E-state index contributed by atoms with van der Waals surface area (Å²) < 4.78 is 5.40. The minimum atomic E-state index is 0.226. The van der Waals surface area contributed by atoms with Crippen molar-refractivity contribution in [3.8, 4) is 17.5 Å². The first-order valence-electron chi connectivity index (χ1n) is 7.14. The van der Waals surface area contributed by atoms with Crippen LogP contribution in [0.15, 0.2) is 28.8 Å². The van der Waals surface area contributed by atoms with E-state index in [4.69, 9.17) is 9.78 Å². The minimum Gasteiger partial charge on any atom is -0.334 e. The van der Waals surface area contributed by atoms with Crippen LogP contribution in [0.1, 0.15) is 17.4 Å². The molecule has 5 rings (SSSR count). The van der Waals surface area contributed by atoms with Gasteiger partial charge in [-0.05, 0) is 18.2 Å². The molecule has 1 unspecified atom stereocenters. The maximum absolute atomic E-state index is 8.96. The highest BCUT2D eigenvalue weighted by molar-refractivity contribution is 5.56.